The number of likely N-dealkylation sites (tertiary alicyclic amines) is 1. The van der Waals surface area contributed by atoms with Crippen LogP contribution in [0.5, 0.6) is 5.75 Å². The fourth-order valence-electron chi connectivity index (χ4n) is 3.08. The molecule has 6 nitrogen and oxygen atoms in total. The molecule has 2 aromatic carbocycles. The zero-order valence-electron chi connectivity index (χ0n) is 16.1. The van der Waals surface area contributed by atoms with E-state index in [-0.39, 0.29) is 25.2 Å². The summed E-state index contributed by atoms with van der Waals surface area (Å²) in [6.45, 7) is 3.48. The van der Waals surface area contributed by atoms with E-state index in [0.717, 1.165) is 11.1 Å². The van der Waals surface area contributed by atoms with Gasteiger partial charge in [0.05, 0.1) is 0 Å². The Morgan fingerprint density at radius 2 is 1.71 bits per heavy atom. The van der Waals surface area contributed by atoms with Crippen molar-refractivity contribution in [1.82, 2.24) is 10.2 Å². The van der Waals surface area contributed by atoms with Gasteiger partial charge in [-0.1, -0.05) is 48.0 Å². The molecule has 2 aromatic rings. The molecule has 0 aromatic heterocycles. The van der Waals surface area contributed by atoms with E-state index in [9.17, 15) is 9.59 Å². The summed E-state index contributed by atoms with van der Waals surface area (Å²) in [7, 11) is 0. The second-order valence-electron chi connectivity index (χ2n) is 6.96. The molecule has 6 heteroatoms. The molecule has 0 atom stereocenters. The molecular formula is C22H26N2O4. The van der Waals surface area contributed by atoms with Gasteiger partial charge >= 0.3 is 6.09 Å². The first-order valence-electron chi connectivity index (χ1n) is 9.54. The van der Waals surface area contributed by atoms with Crippen molar-refractivity contribution in [3.8, 4) is 5.75 Å². The molecular weight excluding hydrogens is 356 g/mol. The molecule has 0 spiro atoms. The number of hydrogen-bond donors (Lipinski definition) is 1. The van der Waals surface area contributed by atoms with Crippen LogP contribution >= 0.6 is 0 Å². The number of hydrogen-bond acceptors (Lipinski definition) is 4. The van der Waals surface area contributed by atoms with Gasteiger partial charge in [0.1, 0.15) is 12.4 Å². The standard InChI is InChI=1S/C22H26N2O4/c1-17-7-9-20(10-8-17)27-16-21(25)24-13-11-19(12-14-24)23-22(26)28-15-18-5-3-2-4-6-18/h2-10,19H,11-16H2,1H3,(H,23,26). The van der Waals surface area contributed by atoms with Gasteiger partial charge in [0.2, 0.25) is 0 Å². The number of aryl methyl sites for hydroxylation is 1. The van der Waals surface area contributed by atoms with Crippen LogP contribution in [-0.4, -0.2) is 42.6 Å². The number of nitrogens with zero attached hydrogens (tertiary/aromatic N) is 1. The minimum absolute atomic E-state index is 0.0188. The lowest BCUT2D eigenvalue weighted by Crippen LogP contribution is -2.47. The third kappa shape index (κ3) is 6.01. The van der Waals surface area contributed by atoms with Crippen LogP contribution in [0.1, 0.15) is 24.0 Å². The number of carbonyl (C=O) groups is 2. The molecule has 0 aliphatic carbocycles. The highest BCUT2D eigenvalue weighted by Gasteiger charge is 2.24. The third-order valence-corrected chi connectivity index (χ3v) is 4.77. The van der Waals surface area contributed by atoms with Gasteiger partial charge in [0, 0.05) is 19.1 Å². The highest BCUT2D eigenvalue weighted by Crippen LogP contribution is 2.14. The summed E-state index contributed by atoms with van der Waals surface area (Å²) in [5.74, 6) is 0.655. The summed E-state index contributed by atoms with van der Waals surface area (Å²) in [5.41, 5.74) is 2.10. The maximum Gasteiger partial charge on any atom is 0.407 e. The molecule has 3 rings (SSSR count). The van der Waals surface area contributed by atoms with Gasteiger partial charge in [-0.2, -0.15) is 0 Å². The number of amides is 2. The van der Waals surface area contributed by atoms with Crippen molar-refractivity contribution in [2.45, 2.75) is 32.4 Å². The number of carbonyl (C=O) groups excluding carboxylic acids is 2. The molecule has 1 aliphatic heterocycles. The van der Waals surface area contributed by atoms with Gasteiger partial charge in [-0.3, -0.25) is 4.79 Å². The van der Waals surface area contributed by atoms with Crippen LogP contribution in [-0.2, 0) is 16.1 Å². The molecule has 0 unspecified atom stereocenters. The Morgan fingerprint density at radius 3 is 2.39 bits per heavy atom. The van der Waals surface area contributed by atoms with Crippen LogP contribution in [0, 0.1) is 6.92 Å². The minimum Gasteiger partial charge on any atom is -0.484 e. The summed E-state index contributed by atoms with van der Waals surface area (Å²) in [5, 5.41) is 2.88. The van der Waals surface area contributed by atoms with Crippen molar-refractivity contribution in [1.29, 1.82) is 0 Å². The predicted octanol–water partition coefficient (Wildman–Crippen LogP) is 3.29. The summed E-state index contributed by atoms with van der Waals surface area (Å²) in [4.78, 5) is 26.0. The average Bonchev–Trinajstić information content (AvgIpc) is 2.73. The summed E-state index contributed by atoms with van der Waals surface area (Å²) < 4.78 is 10.8. The molecule has 0 bridgehead atoms. The molecule has 1 fully saturated rings. The number of ether oxygens (including phenoxy) is 2. The van der Waals surface area contributed by atoms with Crippen LogP contribution in [0.15, 0.2) is 54.6 Å². The van der Waals surface area contributed by atoms with Crippen molar-refractivity contribution < 1.29 is 19.1 Å². The van der Waals surface area contributed by atoms with Crippen LogP contribution in [0.4, 0.5) is 4.79 Å². The normalized spacial score (nSPS) is 14.4. The number of nitrogens with one attached hydrogen (secondary N) is 1. The van der Waals surface area contributed by atoms with E-state index >= 15 is 0 Å². The Morgan fingerprint density at radius 1 is 1.04 bits per heavy atom. The smallest absolute Gasteiger partial charge is 0.407 e. The van der Waals surface area contributed by atoms with Crippen molar-refractivity contribution in [2.24, 2.45) is 0 Å². The Balaban J connectivity index is 1.34. The first-order valence-corrected chi connectivity index (χ1v) is 9.54. The molecule has 0 radical (unpaired) electrons. The molecule has 0 saturated carbocycles. The van der Waals surface area contributed by atoms with Gasteiger partial charge in [-0.25, -0.2) is 4.79 Å². The molecule has 1 saturated heterocycles. The van der Waals surface area contributed by atoms with Crippen LogP contribution in [0.3, 0.4) is 0 Å². The first kappa shape index (κ1) is 19.7. The summed E-state index contributed by atoms with van der Waals surface area (Å²) in [6, 6.07) is 17.2. The van der Waals surface area contributed by atoms with Crippen LogP contribution in [0.25, 0.3) is 0 Å². The number of rotatable bonds is 6. The maximum absolute atomic E-state index is 12.3. The Hall–Kier alpha value is -3.02. The fourth-order valence-corrected chi connectivity index (χ4v) is 3.08. The zero-order valence-corrected chi connectivity index (χ0v) is 16.1. The van der Waals surface area contributed by atoms with E-state index in [0.29, 0.717) is 31.7 Å². The van der Waals surface area contributed by atoms with Crippen LogP contribution < -0.4 is 10.1 Å². The average molecular weight is 382 g/mol. The van der Waals surface area contributed by atoms with E-state index in [1.54, 1.807) is 4.90 Å². The van der Waals surface area contributed by atoms with E-state index in [4.69, 9.17) is 9.47 Å². The second-order valence-corrected chi connectivity index (χ2v) is 6.96. The lowest BCUT2D eigenvalue weighted by atomic mass is 10.1. The van der Waals surface area contributed by atoms with Gasteiger partial charge in [-0.05, 0) is 37.5 Å². The third-order valence-electron chi connectivity index (χ3n) is 4.77. The molecule has 1 heterocycles. The number of alkyl carbamates (subject to hydrolysis) is 1. The largest absolute Gasteiger partial charge is 0.484 e. The van der Waals surface area contributed by atoms with Crippen molar-refractivity contribution in [2.75, 3.05) is 19.7 Å². The van der Waals surface area contributed by atoms with Crippen molar-refractivity contribution in [3.05, 3.63) is 65.7 Å². The van der Waals surface area contributed by atoms with Crippen molar-refractivity contribution >= 4 is 12.0 Å². The Bertz CT molecular complexity index is 769. The highest BCUT2D eigenvalue weighted by molar-refractivity contribution is 5.78. The molecule has 1 N–H and O–H groups in total. The number of piperidine rings is 1. The van der Waals surface area contributed by atoms with E-state index in [1.165, 1.54) is 0 Å². The summed E-state index contributed by atoms with van der Waals surface area (Å²) in [6.07, 6.45) is 0.990. The van der Waals surface area contributed by atoms with E-state index in [2.05, 4.69) is 5.32 Å². The van der Waals surface area contributed by atoms with E-state index in [1.807, 2.05) is 61.5 Å². The Kier molecular flexibility index (Phi) is 6.89. The lowest BCUT2D eigenvalue weighted by molar-refractivity contribution is -0.134. The fraction of sp³-hybridized carbons (Fsp3) is 0.364. The lowest BCUT2D eigenvalue weighted by Gasteiger charge is -2.32. The zero-order chi connectivity index (χ0) is 19.8. The van der Waals surface area contributed by atoms with Gasteiger partial charge in [-0.15, -0.1) is 0 Å². The minimum atomic E-state index is -0.420. The highest BCUT2D eigenvalue weighted by atomic mass is 16.5. The van der Waals surface area contributed by atoms with Crippen LogP contribution in [0.2, 0.25) is 0 Å². The SMILES string of the molecule is Cc1ccc(OCC(=O)N2CCC(NC(=O)OCc3ccccc3)CC2)cc1. The molecule has 1 aliphatic rings. The topological polar surface area (TPSA) is 67.9 Å². The first-order chi connectivity index (χ1) is 13.6. The molecule has 28 heavy (non-hydrogen) atoms. The van der Waals surface area contributed by atoms with Crippen molar-refractivity contribution in [3.63, 3.8) is 0 Å². The second kappa shape index (κ2) is 9.78. The summed E-state index contributed by atoms with van der Waals surface area (Å²) >= 11 is 0. The van der Waals surface area contributed by atoms with E-state index < -0.39 is 6.09 Å². The Labute approximate surface area is 165 Å². The predicted molar refractivity (Wildman–Crippen MR) is 106 cm³/mol. The van der Waals surface area contributed by atoms with Gasteiger partial charge in [0.15, 0.2) is 6.61 Å². The van der Waals surface area contributed by atoms with Gasteiger partial charge < -0.3 is 19.7 Å². The maximum atomic E-state index is 12.3. The quantitative estimate of drug-likeness (QED) is 0.832. The van der Waals surface area contributed by atoms with Gasteiger partial charge in [0.25, 0.3) is 5.91 Å². The number of benzene rings is 2. The monoisotopic (exact) mass is 382 g/mol. The molecule has 148 valence electrons. The molecule has 2 amide bonds.